The summed E-state index contributed by atoms with van der Waals surface area (Å²) >= 11 is 0. The maximum absolute atomic E-state index is 10.1. The second-order valence-corrected chi connectivity index (χ2v) is 8.40. The van der Waals surface area contributed by atoms with Crippen molar-refractivity contribution in [3.8, 4) is 0 Å². The number of hydrogen-bond donors (Lipinski definition) is 3. The zero-order valence-electron chi connectivity index (χ0n) is 18.6. The van der Waals surface area contributed by atoms with Gasteiger partial charge in [0.05, 0.1) is 13.2 Å². The average molecular weight is 415 g/mol. The molecule has 1 heterocycles. The molecule has 0 amide bonds. The van der Waals surface area contributed by atoms with E-state index in [0.717, 1.165) is 12.8 Å². The van der Waals surface area contributed by atoms with Crippen LogP contribution >= 0.6 is 0 Å². The van der Waals surface area contributed by atoms with Crippen LogP contribution in [0.3, 0.4) is 0 Å². The monoisotopic (exact) mass is 414 g/mol. The molecule has 1 fully saturated rings. The van der Waals surface area contributed by atoms with Crippen LogP contribution in [0, 0.1) is 0 Å². The Labute approximate surface area is 178 Å². The van der Waals surface area contributed by atoms with Crippen LogP contribution in [0.5, 0.6) is 0 Å². The normalized spacial score (nSPS) is 23.2. The van der Waals surface area contributed by atoms with Gasteiger partial charge in [0.25, 0.3) is 0 Å². The van der Waals surface area contributed by atoms with Gasteiger partial charge in [0.2, 0.25) is 0 Å². The summed E-state index contributed by atoms with van der Waals surface area (Å²) in [4.78, 5) is 0. The summed E-state index contributed by atoms with van der Waals surface area (Å²) in [6, 6.07) is 0. The number of aliphatic hydroxyl groups excluding tert-OH is 3. The first-order valence-corrected chi connectivity index (χ1v) is 12.0. The van der Waals surface area contributed by atoms with Crippen molar-refractivity contribution in [1.82, 2.24) is 0 Å². The molecule has 5 heteroatoms. The van der Waals surface area contributed by atoms with Crippen molar-refractivity contribution in [3.05, 3.63) is 12.2 Å². The van der Waals surface area contributed by atoms with E-state index in [9.17, 15) is 10.2 Å². The Morgan fingerprint density at radius 2 is 1.41 bits per heavy atom. The Hall–Kier alpha value is -0.460. The number of unbranched alkanes of at least 4 members (excludes halogenated alkanes) is 13. The molecule has 0 aromatic heterocycles. The lowest BCUT2D eigenvalue weighted by molar-refractivity contribution is -0.0730. The molecule has 1 aliphatic heterocycles. The first-order chi connectivity index (χ1) is 14.2. The summed E-state index contributed by atoms with van der Waals surface area (Å²) in [5.41, 5.74) is 0. The first-order valence-electron chi connectivity index (χ1n) is 12.0. The summed E-state index contributed by atoms with van der Waals surface area (Å²) in [6.07, 6.45) is 19.7. The van der Waals surface area contributed by atoms with Gasteiger partial charge in [-0.1, -0.05) is 82.8 Å². The molecule has 172 valence electrons. The van der Waals surface area contributed by atoms with Crippen LogP contribution in [0.1, 0.15) is 96.8 Å². The summed E-state index contributed by atoms with van der Waals surface area (Å²) in [7, 11) is 0. The highest BCUT2D eigenvalue weighted by Crippen LogP contribution is 2.20. The molecule has 29 heavy (non-hydrogen) atoms. The molecule has 0 unspecified atom stereocenters. The predicted molar refractivity (Wildman–Crippen MR) is 118 cm³/mol. The van der Waals surface area contributed by atoms with Crippen LogP contribution < -0.4 is 0 Å². The van der Waals surface area contributed by atoms with Crippen LogP contribution in [0.4, 0.5) is 0 Å². The molecule has 0 bridgehead atoms. The van der Waals surface area contributed by atoms with E-state index >= 15 is 0 Å². The van der Waals surface area contributed by atoms with Gasteiger partial charge in [0.1, 0.15) is 24.4 Å². The lowest BCUT2D eigenvalue weighted by Crippen LogP contribution is -2.41. The molecule has 0 aromatic rings. The van der Waals surface area contributed by atoms with Crippen molar-refractivity contribution in [1.29, 1.82) is 0 Å². The van der Waals surface area contributed by atoms with Crippen LogP contribution in [0.25, 0.3) is 0 Å². The fourth-order valence-corrected chi connectivity index (χ4v) is 3.91. The standard InChI is InChI=1S/C24H46O5/c1-2-3-4-5-6-7-8-9-10-11-12-13-14-15-16-17-18-28-22-20-29-24(23(22)27)21(26)19-25/h2-3,21-27H,4-20H2,1H3/b3-2+/t21-,22+,23+,24+/m1/s1. The van der Waals surface area contributed by atoms with E-state index in [0.29, 0.717) is 6.61 Å². The number of rotatable bonds is 19. The van der Waals surface area contributed by atoms with Crippen LogP contribution in [-0.2, 0) is 9.47 Å². The second kappa shape index (κ2) is 18.3. The van der Waals surface area contributed by atoms with Crippen molar-refractivity contribution in [2.75, 3.05) is 19.8 Å². The van der Waals surface area contributed by atoms with Crippen molar-refractivity contribution in [3.63, 3.8) is 0 Å². The highest BCUT2D eigenvalue weighted by Gasteiger charge is 2.40. The van der Waals surface area contributed by atoms with E-state index < -0.39 is 31.0 Å². The molecule has 0 aliphatic carbocycles. The van der Waals surface area contributed by atoms with Gasteiger partial charge in [-0.3, -0.25) is 0 Å². The Bertz CT molecular complexity index is 387. The van der Waals surface area contributed by atoms with Crippen LogP contribution in [0.2, 0.25) is 0 Å². The smallest absolute Gasteiger partial charge is 0.114 e. The van der Waals surface area contributed by atoms with Gasteiger partial charge in [-0.2, -0.15) is 0 Å². The molecule has 0 spiro atoms. The molecule has 5 nitrogen and oxygen atoms in total. The molecule has 1 rings (SSSR count). The fraction of sp³-hybridized carbons (Fsp3) is 0.917. The van der Waals surface area contributed by atoms with Gasteiger partial charge >= 0.3 is 0 Å². The van der Waals surface area contributed by atoms with Crippen molar-refractivity contribution in [2.24, 2.45) is 0 Å². The van der Waals surface area contributed by atoms with E-state index in [1.165, 1.54) is 77.0 Å². The topological polar surface area (TPSA) is 79.2 Å². The summed E-state index contributed by atoms with van der Waals surface area (Å²) < 4.78 is 11.0. The average Bonchev–Trinajstić information content (AvgIpc) is 3.10. The third-order valence-electron chi connectivity index (χ3n) is 5.82. The highest BCUT2D eigenvalue weighted by molar-refractivity contribution is 4.88. The molecule has 3 N–H and O–H groups in total. The Morgan fingerprint density at radius 1 is 0.897 bits per heavy atom. The number of hydrogen-bond acceptors (Lipinski definition) is 5. The summed E-state index contributed by atoms with van der Waals surface area (Å²) in [5, 5.41) is 28.6. The van der Waals surface area contributed by atoms with Gasteiger partial charge in [-0.15, -0.1) is 0 Å². The summed E-state index contributed by atoms with van der Waals surface area (Å²) in [6.45, 7) is 2.57. The molecule has 0 aromatic carbocycles. The minimum absolute atomic E-state index is 0.277. The molecule has 4 atom stereocenters. The largest absolute Gasteiger partial charge is 0.394 e. The van der Waals surface area contributed by atoms with E-state index in [4.69, 9.17) is 14.6 Å². The van der Waals surface area contributed by atoms with E-state index in [1.807, 2.05) is 0 Å². The first kappa shape index (κ1) is 26.6. The molecular weight excluding hydrogens is 368 g/mol. The second-order valence-electron chi connectivity index (χ2n) is 8.40. The predicted octanol–water partition coefficient (Wildman–Crippen LogP) is 4.52. The van der Waals surface area contributed by atoms with Gasteiger partial charge in [0.15, 0.2) is 0 Å². The van der Waals surface area contributed by atoms with Gasteiger partial charge in [-0.25, -0.2) is 0 Å². The zero-order chi connectivity index (χ0) is 21.2. The van der Waals surface area contributed by atoms with E-state index in [-0.39, 0.29) is 6.61 Å². The lowest BCUT2D eigenvalue weighted by Gasteiger charge is -2.20. The maximum atomic E-state index is 10.1. The molecule has 0 radical (unpaired) electrons. The molecule has 1 aliphatic rings. The SMILES string of the molecule is C/C=C/CCCCCCCCCCCCCCCO[C@H]1CO[C@@H]([C@H](O)CO)[C@H]1O. The Morgan fingerprint density at radius 3 is 1.93 bits per heavy atom. The quantitative estimate of drug-likeness (QED) is 0.214. The van der Waals surface area contributed by atoms with Gasteiger partial charge in [0, 0.05) is 6.61 Å². The lowest BCUT2D eigenvalue weighted by atomic mass is 10.0. The Balaban J connectivity index is 1.80. The van der Waals surface area contributed by atoms with Crippen molar-refractivity contribution in [2.45, 2.75) is 121 Å². The fourth-order valence-electron chi connectivity index (χ4n) is 3.91. The minimum Gasteiger partial charge on any atom is -0.394 e. The van der Waals surface area contributed by atoms with E-state index in [1.54, 1.807) is 0 Å². The highest BCUT2D eigenvalue weighted by atomic mass is 16.6. The number of allylic oxidation sites excluding steroid dienone is 2. The van der Waals surface area contributed by atoms with Gasteiger partial charge < -0.3 is 24.8 Å². The molecule has 1 saturated heterocycles. The molecular formula is C24H46O5. The third-order valence-corrected chi connectivity index (χ3v) is 5.82. The third kappa shape index (κ3) is 12.7. The zero-order valence-corrected chi connectivity index (χ0v) is 18.6. The Kier molecular flexibility index (Phi) is 16.8. The van der Waals surface area contributed by atoms with Crippen molar-refractivity contribution >= 4 is 0 Å². The summed E-state index contributed by atoms with van der Waals surface area (Å²) in [5.74, 6) is 0. The van der Waals surface area contributed by atoms with Crippen LogP contribution in [-0.4, -0.2) is 59.6 Å². The van der Waals surface area contributed by atoms with Crippen LogP contribution in [0.15, 0.2) is 12.2 Å². The van der Waals surface area contributed by atoms with Crippen molar-refractivity contribution < 1.29 is 24.8 Å². The number of aliphatic hydroxyl groups is 3. The maximum Gasteiger partial charge on any atom is 0.114 e. The minimum atomic E-state index is -1.05. The number of ether oxygens (including phenoxy) is 2. The van der Waals surface area contributed by atoms with Gasteiger partial charge in [-0.05, 0) is 26.2 Å². The molecule has 0 saturated carbocycles. The van der Waals surface area contributed by atoms with E-state index in [2.05, 4.69) is 19.1 Å².